The number of rotatable bonds is 3. The van der Waals surface area contributed by atoms with Crippen LogP contribution >= 0.6 is 0 Å². The highest BCUT2D eigenvalue weighted by atomic mass is 16.6. The zero-order chi connectivity index (χ0) is 13.0. The largest absolute Gasteiger partial charge is 0.436 e. The molecule has 18 heavy (non-hydrogen) atoms. The first-order valence-electron chi connectivity index (χ1n) is 5.69. The van der Waals surface area contributed by atoms with E-state index in [0.29, 0.717) is 26.1 Å². The lowest BCUT2D eigenvalue weighted by Crippen LogP contribution is -2.35. The van der Waals surface area contributed by atoms with Gasteiger partial charge in [-0.05, 0) is 11.1 Å². The topological polar surface area (TPSA) is 85.3 Å². The van der Waals surface area contributed by atoms with Gasteiger partial charge in [0.2, 0.25) is 0 Å². The standard InChI is InChI=1S/C13H14N2O3/c14-7-5-10-1-3-11(4-2-10)13(18-12(15)16)6-8-17-9-13/h1-4H,5-6,8-9H2,(H2,15,16). The van der Waals surface area contributed by atoms with Crippen molar-refractivity contribution in [1.29, 1.82) is 5.26 Å². The number of nitrogens with zero attached hydrogens (tertiary/aromatic N) is 1. The summed E-state index contributed by atoms with van der Waals surface area (Å²) in [5.74, 6) is 0. The average molecular weight is 246 g/mol. The Kier molecular flexibility index (Phi) is 3.49. The molecule has 2 N–H and O–H groups in total. The fraction of sp³-hybridized carbons (Fsp3) is 0.385. The molecule has 5 heteroatoms. The second-order valence-electron chi connectivity index (χ2n) is 4.25. The average Bonchev–Trinajstić information content (AvgIpc) is 2.79. The minimum Gasteiger partial charge on any atom is -0.436 e. The third-order valence-electron chi connectivity index (χ3n) is 3.04. The minimum absolute atomic E-state index is 0.313. The Morgan fingerprint density at radius 2 is 2.22 bits per heavy atom. The van der Waals surface area contributed by atoms with Crippen molar-refractivity contribution in [3.63, 3.8) is 0 Å². The highest BCUT2D eigenvalue weighted by Crippen LogP contribution is 2.34. The van der Waals surface area contributed by atoms with E-state index in [2.05, 4.69) is 6.07 Å². The Bertz CT molecular complexity index is 470. The highest BCUT2D eigenvalue weighted by molar-refractivity contribution is 5.65. The van der Waals surface area contributed by atoms with Crippen LogP contribution in [0.4, 0.5) is 4.79 Å². The molecule has 0 aliphatic carbocycles. The third kappa shape index (κ3) is 2.44. The zero-order valence-electron chi connectivity index (χ0n) is 9.89. The lowest BCUT2D eigenvalue weighted by molar-refractivity contribution is 0.00414. The van der Waals surface area contributed by atoms with E-state index >= 15 is 0 Å². The summed E-state index contributed by atoms with van der Waals surface area (Å²) in [4.78, 5) is 11.0. The molecule has 1 aromatic rings. The molecule has 0 saturated carbocycles. The number of nitriles is 1. The van der Waals surface area contributed by atoms with E-state index in [0.717, 1.165) is 11.1 Å². The first-order chi connectivity index (χ1) is 8.66. The van der Waals surface area contributed by atoms with Gasteiger partial charge in [-0.3, -0.25) is 0 Å². The minimum atomic E-state index is -0.804. The molecule has 1 unspecified atom stereocenters. The molecule has 0 aromatic heterocycles. The lowest BCUT2D eigenvalue weighted by atomic mass is 9.92. The van der Waals surface area contributed by atoms with E-state index < -0.39 is 11.7 Å². The van der Waals surface area contributed by atoms with Crippen LogP contribution in [0, 0.1) is 11.3 Å². The third-order valence-corrected chi connectivity index (χ3v) is 3.04. The Labute approximate surface area is 105 Å². The first-order valence-corrected chi connectivity index (χ1v) is 5.69. The van der Waals surface area contributed by atoms with Crippen LogP contribution in [-0.2, 0) is 21.5 Å². The number of amides is 1. The van der Waals surface area contributed by atoms with Crippen molar-refractivity contribution < 1.29 is 14.3 Å². The van der Waals surface area contributed by atoms with Gasteiger partial charge >= 0.3 is 6.09 Å². The van der Waals surface area contributed by atoms with Gasteiger partial charge in [0.05, 0.1) is 25.7 Å². The van der Waals surface area contributed by atoms with E-state index in [-0.39, 0.29) is 0 Å². The van der Waals surface area contributed by atoms with Crippen molar-refractivity contribution in [3.05, 3.63) is 35.4 Å². The van der Waals surface area contributed by atoms with Crippen LogP contribution < -0.4 is 5.73 Å². The van der Waals surface area contributed by atoms with E-state index in [1.807, 2.05) is 24.3 Å². The molecule has 1 aliphatic heterocycles. The summed E-state index contributed by atoms with van der Waals surface area (Å²) in [7, 11) is 0. The first kappa shape index (κ1) is 12.4. The van der Waals surface area contributed by atoms with Crippen LogP contribution in [0.15, 0.2) is 24.3 Å². The monoisotopic (exact) mass is 246 g/mol. The summed E-state index contributed by atoms with van der Waals surface area (Å²) >= 11 is 0. The maximum Gasteiger partial charge on any atom is 0.405 e. The molecule has 1 amide bonds. The fourth-order valence-electron chi connectivity index (χ4n) is 2.12. The van der Waals surface area contributed by atoms with Gasteiger partial charge in [0.1, 0.15) is 0 Å². The Morgan fingerprint density at radius 3 is 2.72 bits per heavy atom. The van der Waals surface area contributed by atoms with Crippen LogP contribution in [0.5, 0.6) is 0 Å². The highest BCUT2D eigenvalue weighted by Gasteiger charge is 2.40. The quantitative estimate of drug-likeness (QED) is 0.874. The number of nitrogens with two attached hydrogens (primary N) is 1. The molecule has 5 nitrogen and oxygen atoms in total. The summed E-state index contributed by atoms with van der Waals surface area (Å²) < 4.78 is 10.5. The molecule has 1 aliphatic rings. The van der Waals surface area contributed by atoms with Crippen LogP contribution in [0.25, 0.3) is 0 Å². The van der Waals surface area contributed by atoms with Crippen molar-refractivity contribution in [2.75, 3.05) is 13.2 Å². The van der Waals surface area contributed by atoms with Crippen LogP contribution in [0.1, 0.15) is 17.5 Å². The molecule has 0 bridgehead atoms. The number of carbonyl (C=O) groups is 1. The normalized spacial score (nSPS) is 22.4. The predicted octanol–water partition coefficient (Wildman–Crippen LogP) is 1.46. The summed E-state index contributed by atoms with van der Waals surface area (Å²) in [6, 6.07) is 9.49. The van der Waals surface area contributed by atoms with E-state index in [1.54, 1.807) is 0 Å². The van der Waals surface area contributed by atoms with Crippen LogP contribution in [0.3, 0.4) is 0 Å². The smallest absolute Gasteiger partial charge is 0.405 e. The number of ether oxygens (including phenoxy) is 2. The van der Waals surface area contributed by atoms with Gasteiger partial charge in [-0.15, -0.1) is 0 Å². The SMILES string of the molecule is N#CCc1ccc(C2(OC(N)=O)CCOC2)cc1. The van der Waals surface area contributed by atoms with Gasteiger partial charge in [-0.2, -0.15) is 5.26 Å². The second-order valence-corrected chi connectivity index (χ2v) is 4.25. The number of hydrogen-bond acceptors (Lipinski definition) is 4. The van der Waals surface area contributed by atoms with E-state index in [9.17, 15) is 4.79 Å². The van der Waals surface area contributed by atoms with Gasteiger partial charge in [0.15, 0.2) is 5.60 Å². The molecular formula is C13H14N2O3. The van der Waals surface area contributed by atoms with Crippen LogP contribution in [0.2, 0.25) is 0 Å². The van der Waals surface area contributed by atoms with Crippen molar-refractivity contribution in [2.45, 2.75) is 18.4 Å². The predicted molar refractivity (Wildman–Crippen MR) is 63.5 cm³/mol. The maximum absolute atomic E-state index is 11.0. The van der Waals surface area contributed by atoms with Gasteiger partial charge in [0, 0.05) is 6.42 Å². The summed E-state index contributed by atoms with van der Waals surface area (Å²) in [6.45, 7) is 0.848. The summed E-state index contributed by atoms with van der Waals surface area (Å²) in [6.07, 6.45) is 0.148. The van der Waals surface area contributed by atoms with Crippen molar-refractivity contribution in [3.8, 4) is 6.07 Å². The van der Waals surface area contributed by atoms with Gasteiger partial charge in [0.25, 0.3) is 0 Å². The molecule has 1 fully saturated rings. The van der Waals surface area contributed by atoms with Gasteiger partial charge < -0.3 is 15.2 Å². The molecule has 1 heterocycles. The van der Waals surface area contributed by atoms with E-state index in [4.69, 9.17) is 20.5 Å². The molecule has 94 valence electrons. The molecule has 0 radical (unpaired) electrons. The lowest BCUT2D eigenvalue weighted by Gasteiger charge is -2.27. The van der Waals surface area contributed by atoms with Gasteiger partial charge in [-0.25, -0.2) is 4.79 Å². The van der Waals surface area contributed by atoms with Crippen molar-refractivity contribution in [2.24, 2.45) is 5.73 Å². The van der Waals surface area contributed by atoms with Crippen molar-refractivity contribution >= 4 is 6.09 Å². The molecule has 0 spiro atoms. The number of benzene rings is 1. The Morgan fingerprint density at radius 1 is 1.50 bits per heavy atom. The Balaban J connectivity index is 2.26. The molecule has 2 rings (SSSR count). The maximum atomic E-state index is 11.0. The van der Waals surface area contributed by atoms with Gasteiger partial charge in [-0.1, -0.05) is 24.3 Å². The summed E-state index contributed by atoms with van der Waals surface area (Å²) in [5, 5.41) is 8.61. The summed E-state index contributed by atoms with van der Waals surface area (Å²) in [5.41, 5.74) is 6.10. The fourth-order valence-corrected chi connectivity index (χ4v) is 2.12. The molecule has 1 saturated heterocycles. The zero-order valence-corrected chi connectivity index (χ0v) is 9.89. The molecular weight excluding hydrogens is 232 g/mol. The van der Waals surface area contributed by atoms with E-state index in [1.165, 1.54) is 0 Å². The van der Waals surface area contributed by atoms with Crippen LogP contribution in [-0.4, -0.2) is 19.3 Å². The number of hydrogen-bond donors (Lipinski definition) is 1. The molecule has 1 aromatic carbocycles. The Hall–Kier alpha value is -2.06. The number of carbonyl (C=O) groups excluding carboxylic acids is 1. The molecule has 1 atom stereocenters. The number of primary amides is 1. The second kappa shape index (κ2) is 5.07. The van der Waals surface area contributed by atoms with Crippen molar-refractivity contribution in [1.82, 2.24) is 0 Å².